The summed E-state index contributed by atoms with van der Waals surface area (Å²) in [6.07, 6.45) is -50.6. The zero-order valence-electron chi connectivity index (χ0n) is 71.7. The quantitative estimate of drug-likeness (QED) is 0.0157. The number of aliphatic carboxylic acids is 1. The molecule has 13 fully saturated rings. The first-order valence-electron chi connectivity index (χ1n) is 44.2. The summed E-state index contributed by atoms with van der Waals surface area (Å²) in [5.41, 5.74) is -2.10. The number of carbonyl (C=O) groups is 2. The number of esters is 1. The molecular formula is C83H134O43. The average Bonchev–Trinajstić information content (AvgIpc) is 0.673. The molecule has 9 aliphatic heterocycles. The third-order valence-electron chi connectivity index (χ3n) is 31.1. The van der Waals surface area contributed by atoms with E-state index in [1.807, 2.05) is 0 Å². The van der Waals surface area contributed by atoms with Gasteiger partial charge in [-0.25, -0.2) is 4.79 Å². The summed E-state index contributed by atoms with van der Waals surface area (Å²) in [4.78, 5) is 29.7. The Balaban J connectivity index is 0.670. The number of aliphatic hydroxyl groups is 21. The second-order valence-corrected chi connectivity index (χ2v) is 39.3. The minimum Gasteiger partial charge on any atom is -0.479 e. The van der Waals surface area contributed by atoms with Crippen LogP contribution in [0, 0.1) is 62.1 Å². The molecule has 0 aromatic carbocycles. The van der Waals surface area contributed by atoms with Crippen LogP contribution in [0.25, 0.3) is 0 Å². The Bertz CT molecular complexity index is 3610. The lowest BCUT2D eigenvalue weighted by Crippen LogP contribution is -2.66. The van der Waals surface area contributed by atoms with Gasteiger partial charge in [-0.15, -0.1) is 0 Å². The molecule has 43 heteroatoms. The second kappa shape index (κ2) is 39.8. The number of rotatable bonds is 27. The van der Waals surface area contributed by atoms with Gasteiger partial charge in [-0.2, -0.15) is 0 Å². The van der Waals surface area contributed by atoms with Crippen molar-refractivity contribution in [3.63, 3.8) is 0 Å². The van der Waals surface area contributed by atoms with Gasteiger partial charge in [0.15, 0.2) is 63.0 Å². The van der Waals surface area contributed by atoms with E-state index in [0.717, 1.165) is 18.4 Å². The van der Waals surface area contributed by atoms with Gasteiger partial charge in [-0.3, -0.25) is 4.79 Å². The van der Waals surface area contributed by atoms with Gasteiger partial charge in [0, 0.05) is 24.9 Å². The number of hydrogen-bond acceptors (Lipinski definition) is 42. The van der Waals surface area contributed by atoms with Crippen LogP contribution in [0.3, 0.4) is 0 Å². The summed E-state index contributed by atoms with van der Waals surface area (Å²) >= 11 is 0. The summed E-state index contributed by atoms with van der Waals surface area (Å²) in [7, 11) is 0. The molecule has 9 heterocycles. The molecule has 724 valence electrons. The van der Waals surface area contributed by atoms with Crippen LogP contribution >= 0.6 is 0 Å². The van der Waals surface area contributed by atoms with Gasteiger partial charge < -0.3 is 202 Å². The Morgan fingerprint density at radius 1 is 0.437 bits per heavy atom. The van der Waals surface area contributed by atoms with Crippen molar-refractivity contribution in [2.24, 2.45) is 62.1 Å². The monoisotopic (exact) mass is 1820 g/mol. The van der Waals surface area contributed by atoms with Gasteiger partial charge in [-0.1, -0.05) is 60.1 Å². The van der Waals surface area contributed by atoms with Crippen molar-refractivity contribution in [2.45, 2.75) is 353 Å². The third kappa shape index (κ3) is 19.1. The Morgan fingerprint density at radius 2 is 1.00 bits per heavy atom. The minimum atomic E-state index is -1.99. The molecule has 46 unspecified atom stereocenters. The van der Waals surface area contributed by atoms with E-state index < -0.39 is 327 Å². The second-order valence-electron chi connectivity index (χ2n) is 39.3. The molecule has 22 N–H and O–H groups in total. The van der Waals surface area contributed by atoms with Gasteiger partial charge >= 0.3 is 11.9 Å². The topological polar surface area (TPSA) is 655 Å². The molecule has 46 atom stereocenters. The molecule has 5 aliphatic carbocycles. The first-order valence-corrected chi connectivity index (χ1v) is 44.2. The molecule has 14 aliphatic rings. The first-order chi connectivity index (χ1) is 59.5. The van der Waals surface area contributed by atoms with Gasteiger partial charge in [-0.05, 0) is 115 Å². The van der Waals surface area contributed by atoms with E-state index in [1.165, 1.54) is 0 Å². The number of ether oxygens (including phenoxy) is 19. The predicted molar refractivity (Wildman–Crippen MR) is 414 cm³/mol. The van der Waals surface area contributed by atoms with Crippen molar-refractivity contribution in [3.8, 4) is 0 Å². The SMILES string of the molecule is CC1(C)CCC2(C(=O)OC3OCC(OC4OCC(O)C(OC5OCC(O)C(O)C5O)C4O)C(O)C3OCOC3OCC(O)C(COC4OCC(O)C(O)C4O)C3O)CCC3(C)C(=CCC4C5(C)CCC(OC6CC(OCCC7OCC(O)C(O)C7O)C(OC7OC(CO)C(COC8OC(CO)C(O)C(O)C8O)C(O)C7O)C(C(=O)O)O6)C(C)(C)C5CCC43C)C2C1. The highest BCUT2D eigenvalue weighted by atomic mass is 16.8. The molecular weight excluding hydrogens is 1680 g/mol. The van der Waals surface area contributed by atoms with E-state index in [1.54, 1.807) is 0 Å². The van der Waals surface area contributed by atoms with Gasteiger partial charge in [0.25, 0.3) is 0 Å². The highest BCUT2D eigenvalue weighted by molar-refractivity contribution is 5.79. The molecule has 126 heavy (non-hydrogen) atoms. The molecule has 0 radical (unpaired) electrons. The maximum Gasteiger partial charge on any atom is 0.335 e. The number of carboxylic acids is 1. The molecule has 0 spiro atoms. The van der Waals surface area contributed by atoms with E-state index in [-0.39, 0.29) is 66.7 Å². The number of aliphatic hydroxyl groups excluding tert-OH is 21. The number of fused-ring (bicyclic) bond motifs is 7. The number of hydrogen-bond donors (Lipinski definition) is 22. The standard InChI is InChI=1S/C83H134O43/c1-78(2)15-17-83(77(107)126-76-67(117-32-118-70-52(92)33(37(86)26-112-70)24-110-71-61(101)54(94)39(88)28-113-71)58(98)46(31-116-76)121-74-64(104)65(41(90)30-115-74)124-73-62(102)55(95)40(89)29-114-73)18-16-81(6)35(36(83)21-78)8-9-48-80(5)13-11-49(79(3,4)47(80)10-14-82(48,81)7)122-50-20-43(108-19-12-42-56(96)53(93)38(87)27-109-42)66(68(123-50)69(105)106)125-75-60(100)51(91)34(44(22-84)119-75)25-111-72-63(103)59(99)57(97)45(23-85)120-72/h8,33-34,36-68,70-76,84-104H,9-32H2,1-7H3,(H,105,106). The molecule has 43 nitrogen and oxygen atoms in total. The maximum atomic E-state index is 16.0. The van der Waals surface area contributed by atoms with Crippen LogP contribution in [0.2, 0.25) is 0 Å². The lowest BCUT2D eigenvalue weighted by Gasteiger charge is -2.71. The fourth-order valence-corrected chi connectivity index (χ4v) is 23.1. The zero-order chi connectivity index (χ0) is 91.1. The lowest BCUT2D eigenvalue weighted by molar-refractivity contribution is -0.358. The smallest absolute Gasteiger partial charge is 0.335 e. The summed E-state index contributed by atoms with van der Waals surface area (Å²) in [5.74, 6) is -4.92. The molecule has 9 saturated heterocycles. The zero-order valence-corrected chi connectivity index (χ0v) is 71.7. The summed E-state index contributed by atoms with van der Waals surface area (Å²) in [5, 5.41) is 238. The summed E-state index contributed by atoms with van der Waals surface area (Å²) in [6.45, 7) is 9.30. The van der Waals surface area contributed by atoms with Gasteiger partial charge in [0.1, 0.15) is 128 Å². The summed E-state index contributed by atoms with van der Waals surface area (Å²) < 4.78 is 114. The Labute approximate surface area is 727 Å². The molecule has 0 aromatic rings. The highest BCUT2D eigenvalue weighted by Gasteiger charge is 2.71. The molecule has 0 amide bonds. The normalized spacial score (nSPS) is 51.6. The van der Waals surface area contributed by atoms with E-state index in [0.29, 0.717) is 51.4 Å². The van der Waals surface area contributed by atoms with E-state index in [4.69, 9.17) is 90.0 Å². The summed E-state index contributed by atoms with van der Waals surface area (Å²) in [6, 6.07) is 0. The van der Waals surface area contributed by atoms with Crippen molar-refractivity contribution >= 4 is 11.9 Å². The maximum absolute atomic E-state index is 16.0. The molecule has 14 rings (SSSR count). The van der Waals surface area contributed by atoms with Crippen molar-refractivity contribution in [2.75, 3.05) is 79.5 Å². The van der Waals surface area contributed by atoms with Crippen molar-refractivity contribution in [1.82, 2.24) is 0 Å². The predicted octanol–water partition coefficient (Wildman–Crippen LogP) is -7.06. The Kier molecular flexibility index (Phi) is 31.3. The van der Waals surface area contributed by atoms with E-state index in [9.17, 15) is 117 Å². The van der Waals surface area contributed by atoms with Gasteiger partial charge in [0.2, 0.25) is 6.29 Å². The van der Waals surface area contributed by atoms with Crippen LogP contribution in [0.5, 0.6) is 0 Å². The van der Waals surface area contributed by atoms with Crippen LogP contribution in [-0.2, 0) is 99.6 Å². The van der Waals surface area contributed by atoms with Crippen molar-refractivity contribution < 1.29 is 212 Å². The van der Waals surface area contributed by atoms with Crippen LogP contribution in [0.15, 0.2) is 11.6 Å². The van der Waals surface area contributed by atoms with Crippen molar-refractivity contribution in [3.05, 3.63) is 11.6 Å². The fourth-order valence-electron chi connectivity index (χ4n) is 23.1. The highest BCUT2D eigenvalue weighted by Crippen LogP contribution is 2.76. The van der Waals surface area contributed by atoms with Crippen LogP contribution in [-0.4, -0.2) is 431 Å². The van der Waals surface area contributed by atoms with Gasteiger partial charge in [0.05, 0.1) is 108 Å². The lowest BCUT2D eigenvalue weighted by atomic mass is 9.33. The number of carbonyl (C=O) groups excluding carboxylic acids is 1. The van der Waals surface area contributed by atoms with E-state index >= 15 is 4.79 Å². The number of allylic oxidation sites excluding steroid dienone is 2. The first kappa shape index (κ1) is 99.1. The minimum absolute atomic E-state index is 0.00168. The molecule has 0 aromatic heterocycles. The van der Waals surface area contributed by atoms with Crippen LogP contribution < -0.4 is 0 Å². The Hall–Kier alpha value is -2.88. The Morgan fingerprint density at radius 3 is 1.68 bits per heavy atom. The molecule has 0 bridgehead atoms. The third-order valence-corrected chi connectivity index (χ3v) is 31.1. The van der Waals surface area contributed by atoms with Crippen molar-refractivity contribution in [1.29, 1.82) is 0 Å². The average molecular weight is 1820 g/mol. The van der Waals surface area contributed by atoms with Crippen LogP contribution in [0.4, 0.5) is 0 Å². The largest absolute Gasteiger partial charge is 0.479 e. The molecule has 4 saturated carbocycles. The number of carboxylic acid groups (broad SMARTS) is 1. The van der Waals surface area contributed by atoms with E-state index in [2.05, 4.69) is 54.5 Å². The van der Waals surface area contributed by atoms with Crippen LogP contribution in [0.1, 0.15) is 126 Å². The fraction of sp³-hybridized carbons (Fsp3) is 0.952.